The van der Waals surface area contributed by atoms with Gasteiger partial charge in [-0.05, 0) is 31.9 Å². The zero-order valence-corrected chi connectivity index (χ0v) is 10.0. The van der Waals surface area contributed by atoms with Crippen LogP contribution in [-0.4, -0.2) is 23.3 Å². The third kappa shape index (κ3) is 2.53. The molecular weight excluding hydrogens is 224 g/mol. The number of halogens is 1. The van der Waals surface area contributed by atoms with Gasteiger partial charge in [-0.15, -0.1) is 11.6 Å². The van der Waals surface area contributed by atoms with E-state index in [-0.39, 0.29) is 11.3 Å². The largest absolute Gasteiger partial charge is 0.350 e. The van der Waals surface area contributed by atoms with Crippen LogP contribution in [0.2, 0.25) is 0 Å². The second-order valence-corrected chi connectivity index (χ2v) is 4.75. The molecule has 4 heteroatoms. The normalized spacial score (nSPS) is 16.9. The predicted molar refractivity (Wildman–Crippen MR) is 63.7 cm³/mol. The van der Waals surface area contributed by atoms with Crippen LogP contribution in [0.4, 0.5) is 0 Å². The maximum absolute atomic E-state index is 11.8. The number of aromatic nitrogens is 1. The number of amides is 1. The summed E-state index contributed by atoms with van der Waals surface area (Å²) in [6, 6.07) is 5.44. The molecule has 0 unspecified atom stereocenters. The minimum atomic E-state index is -0.111. The molecule has 1 aliphatic rings. The van der Waals surface area contributed by atoms with Gasteiger partial charge in [-0.1, -0.05) is 6.07 Å². The van der Waals surface area contributed by atoms with E-state index >= 15 is 0 Å². The molecular formula is C12H15ClN2O. The van der Waals surface area contributed by atoms with E-state index in [1.54, 1.807) is 6.07 Å². The van der Waals surface area contributed by atoms with E-state index in [0.717, 1.165) is 18.5 Å². The van der Waals surface area contributed by atoms with Crippen molar-refractivity contribution >= 4 is 17.5 Å². The Morgan fingerprint density at radius 2 is 2.31 bits per heavy atom. The number of nitrogens with zero attached hydrogens (tertiary/aromatic N) is 1. The monoisotopic (exact) mass is 238 g/mol. The molecule has 1 amide bonds. The summed E-state index contributed by atoms with van der Waals surface area (Å²) in [5.74, 6) is 0.509. The standard InChI is InChI=1S/C12H15ClN2O/c1-9-3-2-4-10(15-9)11(16)14-8-12(7-13)5-6-12/h2-4H,5-8H2,1H3,(H,14,16). The molecule has 3 nitrogen and oxygen atoms in total. The number of carbonyl (C=O) groups is 1. The molecule has 0 saturated heterocycles. The van der Waals surface area contributed by atoms with E-state index in [0.29, 0.717) is 18.1 Å². The average molecular weight is 239 g/mol. The molecule has 2 rings (SSSR count). The molecule has 16 heavy (non-hydrogen) atoms. The molecule has 0 radical (unpaired) electrons. The van der Waals surface area contributed by atoms with Gasteiger partial charge in [0, 0.05) is 23.5 Å². The summed E-state index contributed by atoms with van der Waals surface area (Å²) in [7, 11) is 0. The van der Waals surface area contributed by atoms with Crippen molar-refractivity contribution in [3.63, 3.8) is 0 Å². The van der Waals surface area contributed by atoms with Crippen LogP contribution >= 0.6 is 11.6 Å². The van der Waals surface area contributed by atoms with Gasteiger partial charge in [0.05, 0.1) is 0 Å². The molecule has 0 bridgehead atoms. The van der Waals surface area contributed by atoms with Gasteiger partial charge in [0.15, 0.2) is 0 Å². The van der Waals surface area contributed by atoms with Crippen LogP contribution in [0, 0.1) is 12.3 Å². The van der Waals surface area contributed by atoms with Gasteiger partial charge in [0.1, 0.15) is 5.69 Å². The molecule has 0 spiro atoms. The summed E-state index contributed by atoms with van der Waals surface area (Å²) < 4.78 is 0. The van der Waals surface area contributed by atoms with Crippen molar-refractivity contribution in [1.82, 2.24) is 10.3 Å². The Balaban J connectivity index is 1.93. The highest BCUT2D eigenvalue weighted by Gasteiger charge is 2.41. The SMILES string of the molecule is Cc1cccc(C(=O)NCC2(CCl)CC2)n1. The molecule has 86 valence electrons. The van der Waals surface area contributed by atoms with Crippen molar-refractivity contribution in [2.45, 2.75) is 19.8 Å². The first-order valence-electron chi connectivity index (χ1n) is 5.43. The summed E-state index contributed by atoms with van der Waals surface area (Å²) in [6.45, 7) is 2.53. The van der Waals surface area contributed by atoms with Crippen LogP contribution in [0.15, 0.2) is 18.2 Å². The number of nitrogens with one attached hydrogen (secondary N) is 1. The highest BCUT2D eigenvalue weighted by molar-refractivity contribution is 6.18. The van der Waals surface area contributed by atoms with E-state index in [1.165, 1.54) is 0 Å². The van der Waals surface area contributed by atoms with Crippen molar-refractivity contribution in [2.75, 3.05) is 12.4 Å². The zero-order chi connectivity index (χ0) is 11.6. The molecule has 0 atom stereocenters. The summed E-state index contributed by atoms with van der Waals surface area (Å²) in [6.07, 6.45) is 2.22. The zero-order valence-electron chi connectivity index (χ0n) is 9.29. The summed E-state index contributed by atoms with van der Waals surface area (Å²) in [5, 5.41) is 2.89. The van der Waals surface area contributed by atoms with E-state index in [4.69, 9.17) is 11.6 Å². The summed E-state index contributed by atoms with van der Waals surface area (Å²) in [5.41, 5.74) is 1.48. The first kappa shape index (κ1) is 11.4. The lowest BCUT2D eigenvalue weighted by Crippen LogP contribution is -2.31. The van der Waals surface area contributed by atoms with Crippen LogP contribution < -0.4 is 5.32 Å². The Hall–Kier alpha value is -1.09. The van der Waals surface area contributed by atoms with Crippen LogP contribution in [0.1, 0.15) is 29.0 Å². The van der Waals surface area contributed by atoms with Crippen molar-refractivity contribution in [3.05, 3.63) is 29.6 Å². The molecule has 0 aliphatic heterocycles. The van der Waals surface area contributed by atoms with Crippen LogP contribution in [-0.2, 0) is 0 Å². The predicted octanol–water partition coefficient (Wildman–Crippen LogP) is 2.14. The van der Waals surface area contributed by atoms with E-state index in [9.17, 15) is 4.79 Å². The van der Waals surface area contributed by atoms with Crippen molar-refractivity contribution in [1.29, 1.82) is 0 Å². The third-order valence-electron chi connectivity index (χ3n) is 2.99. The van der Waals surface area contributed by atoms with Crippen LogP contribution in [0.3, 0.4) is 0 Å². The minimum absolute atomic E-state index is 0.111. The molecule has 1 saturated carbocycles. The van der Waals surface area contributed by atoms with Crippen molar-refractivity contribution in [3.8, 4) is 0 Å². The van der Waals surface area contributed by atoms with Crippen molar-refractivity contribution < 1.29 is 4.79 Å². The Kier molecular flexibility index (Phi) is 3.15. The third-order valence-corrected chi connectivity index (χ3v) is 3.55. The Bertz CT molecular complexity index is 402. The molecule has 1 aliphatic carbocycles. The Morgan fingerprint density at radius 1 is 1.56 bits per heavy atom. The number of hydrogen-bond acceptors (Lipinski definition) is 2. The molecule has 0 aromatic carbocycles. The maximum atomic E-state index is 11.8. The van der Waals surface area contributed by atoms with E-state index in [2.05, 4.69) is 10.3 Å². The summed E-state index contributed by atoms with van der Waals surface area (Å²) in [4.78, 5) is 15.9. The fourth-order valence-corrected chi connectivity index (χ4v) is 1.92. The molecule has 1 aromatic heterocycles. The average Bonchev–Trinajstić information content (AvgIpc) is 3.07. The van der Waals surface area contributed by atoms with Gasteiger partial charge in [-0.3, -0.25) is 4.79 Å². The fraction of sp³-hybridized carbons (Fsp3) is 0.500. The smallest absolute Gasteiger partial charge is 0.269 e. The summed E-state index contributed by atoms with van der Waals surface area (Å²) >= 11 is 5.84. The lowest BCUT2D eigenvalue weighted by molar-refractivity contribution is 0.0941. The van der Waals surface area contributed by atoms with Gasteiger partial charge >= 0.3 is 0 Å². The van der Waals surface area contributed by atoms with E-state index < -0.39 is 0 Å². The topological polar surface area (TPSA) is 42.0 Å². The fourth-order valence-electron chi connectivity index (χ4n) is 1.56. The minimum Gasteiger partial charge on any atom is -0.350 e. The van der Waals surface area contributed by atoms with Gasteiger partial charge in [0.25, 0.3) is 5.91 Å². The molecule has 1 heterocycles. The number of carbonyl (C=O) groups excluding carboxylic acids is 1. The van der Waals surface area contributed by atoms with Gasteiger partial charge < -0.3 is 5.32 Å². The maximum Gasteiger partial charge on any atom is 0.269 e. The first-order valence-corrected chi connectivity index (χ1v) is 5.96. The number of hydrogen-bond donors (Lipinski definition) is 1. The van der Waals surface area contributed by atoms with Crippen LogP contribution in [0.5, 0.6) is 0 Å². The Labute approximate surface area is 100 Å². The highest BCUT2D eigenvalue weighted by atomic mass is 35.5. The van der Waals surface area contributed by atoms with Crippen molar-refractivity contribution in [2.24, 2.45) is 5.41 Å². The quantitative estimate of drug-likeness (QED) is 0.817. The number of rotatable bonds is 4. The lowest BCUT2D eigenvalue weighted by Gasteiger charge is -2.12. The second kappa shape index (κ2) is 4.42. The van der Waals surface area contributed by atoms with E-state index in [1.807, 2.05) is 19.1 Å². The number of pyridine rings is 1. The van der Waals surface area contributed by atoms with Gasteiger partial charge in [-0.2, -0.15) is 0 Å². The molecule has 1 fully saturated rings. The molecule has 1 aromatic rings. The van der Waals surface area contributed by atoms with Gasteiger partial charge in [-0.25, -0.2) is 4.98 Å². The highest BCUT2D eigenvalue weighted by Crippen LogP contribution is 2.45. The number of aryl methyl sites for hydroxylation is 1. The molecule has 1 N–H and O–H groups in total. The first-order chi connectivity index (χ1) is 7.65. The Morgan fingerprint density at radius 3 is 2.88 bits per heavy atom. The second-order valence-electron chi connectivity index (χ2n) is 4.48. The van der Waals surface area contributed by atoms with Gasteiger partial charge in [0.2, 0.25) is 0 Å². The lowest BCUT2D eigenvalue weighted by atomic mass is 10.1. The van der Waals surface area contributed by atoms with Crippen LogP contribution in [0.25, 0.3) is 0 Å². The number of alkyl halides is 1.